The SMILES string of the molecule is O=C(C[C@H]1CC[C@H](C(=O)O)CC1)N1CCc2c(n(Cc3ccc(C(F)F)s3)c3ncccc23)C1. The number of carboxylic acids is 1. The maximum absolute atomic E-state index is 13.2. The number of aromatic nitrogens is 2. The molecule has 1 aliphatic heterocycles. The van der Waals surface area contributed by atoms with E-state index in [0.29, 0.717) is 38.9 Å². The summed E-state index contributed by atoms with van der Waals surface area (Å²) >= 11 is 1.11. The van der Waals surface area contributed by atoms with Gasteiger partial charge in [-0.3, -0.25) is 9.59 Å². The lowest BCUT2D eigenvalue weighted by molar-refractivity contribution is -0.143. The van der Waals surface area contributed by atoms with E-state index >= 15 is 0 Å². The highest BCUT2D eigenvalue weighted by Crippen LogP contribution is 2.35. The van der Waals surface area contributed by atoms with Crippen LogP contribution in [0.2, 0.25) is 0 Å². The first kappa shape index (κ1) is 23.0. The van der Waals surface area contributed by atoms with Crippen molar-refractivity contribution in [3.05, 3.63) is 51.5 Å². The molecule has 3 aromatic heterocycles. The Morgan fingerprint density at radius 3 is 2.68 bits per heavy atom. The number of carbonyl (C=O) groups is 2. The van der Waals surface area contributed by atoms with E-state index in [1.165, 1.54) is 11.6 Å². The number of carbonyl (C=O) groups excluding carboxylic acids is 1. The smallest absolute Gasteiger partial charge is 0.306 e. The predicted molar refractivity (Wildman–Crippen MR) is 125 cm³/mol. The summed E-state index contributed by atoms with van der Waals surface area (Å²) in [5.41, 5.74) is 3.02. The van der Waals surface area contributed by atoms with Gasteiger partial charge in [0.1, 0.15) is 5.65 Å². The van der Waals surface area contributed by atoms with Gasteiger partial charge < -0.3 is 14.6 Å². The summed E-state index contributed by atoms with van der Waals surface area (Å²) in [7, 11) is 0. The molecule has 34 heavy (non-hydrogen) atoms. The van der Waals surface area contributed by atoms with Crippen LogP contribution in [-0.2, 0) is 29.1 Å². The Morgan fingerprint density at radius 2 is 1.97 bits per heavy atom. The second kappa shape index (κ2) is 9.44. The van der Waals surface area contributed by atoms with Crippen LogP contribution in [0.1, 0.15) is 59.5 Å². The molecule has 3 aromatic rings. The molecular weight excluding hydrogens is 460 g/mol. The van der Waals surface area contributed by atoms with Crippen molar-refractivity contribution >= 4 is 34.2 Å². The van der Waals surface area contributed by atoms with Crippen molar-refractivity contribution in [2.24, 2.45) is 11.8 Å². The molecule has 0 spiro atoms. The molecule has 1 saturated carbocycles. The molecule has 6 nitrogen and oxygen atoms in total. The third-order valence-electron chi connectivity index (χ3n) is 7.24. The number of pyridine rings is 1. The van der Waals surface area contributed by atoms with Gasteiger partial charge in [-0.05, 0) is 67.9 Å². The second-order valence-electron chi connectivity index (χ2n) is 9.32. The number of alkyl halides is 2. The highest BCUT2D eigenvalue weighted by molar-refractivity contribution is 7.12. The molecule has 1 fully saturated rings. The molecule has 2 aliphatic rings. The summed E-state index contributed by atoms with van der Waals surface area (Å²) in [4.78, 5) is 31.7. The summed E-state index contributed by atoms with van der Waals surface area (Å²) < 4.78 is 28.3. The van der Waals surface area contributed by atoms with Gasteiger partial charge in [0.05, 0.1) is 23.9 Å². The Kier molecular flexibility index (Phi) is 6.38. The molecule has 1 N–H and O–H groups in total. The predicted octanol–water partition coefficient (Wildman–Crippen LogP) is 5.25. The van der Waals surface area contributed by atoms with Crippen molar-refractivity contribution < 1.29 is 23.5 Å². The number of carboxylic acid groups (broad SMARTS) is 1. The van der Waals surface area contributed by atoms with Crippen LogP contribution in [-0.4, -0.2) is 38.0 Å². The van der Waals surface area contributed by atoms with Gasteiger partial charge in [-0.25, -0.2) is 13.8 Å². The van der Waals surface area contributed by atoms with Crippen LogP contribution in [0.3, 0.4) is 0 Å². The molecule has 0 atom stereocenters. The Morgan fingerprint density at radius 1 is 1.18 bits per heavy atom. The van der Waals surface area contributed by atoms with Crippen molar-refractivity contribution in [2.75, 3.05) is 6.54 Å². The van der Waals surface area contributed by atoms with Crippen molar-refractivity contribution in [3.63, 3.8) is 0 Å². The molecule has 0 radical (unpaired) electrons. The van der Waals surface area contributed by atoms with Crippen molar-refractivity contribution in [3.8, 4) is 0 Å². The zero-order valence-electron chi connectivity index (χ0n) is 18.8. The summed E-state index contributed by atoms with van der Waals surface area (Å²) in [6.07, 6.45) is 3.26. The van der Waals surface area contributed by atoms with Crippen LogP contribution in [0.25, 0.3) is 11.0 Å². The summed E-state index contributed by atoms with van der Waals surface area (Å²) in [5.74, 6) is -0.683. The minimum Gasteiger partial charge on any atom is -0.481 e. The first-order valence-electron chi connectivity index (χ1n) is 11.7. The molecule has 1 aliphatic carbocycles. The van der Waals surface area contributed by atoms with Gasteiger partial charge in [0.25, 0.3) is 6.43 Å². The standard InChI is InChI=1S/C25H27F2N3O3S/c26-23(27)21-8-7-17(34-21)13-30-20-14-29(11-9-18(20)19-2-1-10-28-24(19)30)22(31)12-15-3-5-16(6-4-15)25(32)33/h1-2,7-8,10,15-16,23H,3-6,9,11-14H2,(H,32,33)/t15-,16-. The first-order valence-corrected chi connectivity index (χ1v) is 12.5. The van der Waals surface area contributed by atoms with E-state index in [9.17, 15) is 23.5 Å². The summed E-state index contributed by atoms with van der Waals surface area (Å²) in [6.45, 7) is 1.56. The van der Waals surface area contributed by atoms with Crippen molar-refractivity contribution in [1.82, 2.24) is 14.5 Å². The molecule has 0 unspecified atom stereocenters. The molecule has 180 valence electrons. The summed E-state index contributed by atoms with van der Waals surface area (Å²) in [6, 6.07) is 7.16. The molecule has 0 aromatic carbocycles. The molecular formula is C25H27F2N3O3S. The van der Waals surface area contributed by atoms with Gasteiger partial charge in [-0.15, -0.1) is 11.3 Å². The highest BCUT2D eigenvalue weighted by atomic mass is 32.1. The topological polar surface area (TPSA) is 75.4 Å². The Hall–Kier alpha value is -2.81. The highest BCUT2D eigenvalue weighted by Gasteiger charge is 2.31. The van der Waals surface area contributed by atoms with E-state index in [4.69, 9.17) is 0 Å². The number of thiophene rings is 1. The quantitative estimate of drug-likeness (QED) is 0.515. The number of hydrogen-bond acceptors (Lipinski definition) is 4. The second-order valence-corrected chi connectivity index (χ2v) is 10.5. The Bertz CT molecular complexity index is 1210. The largest absolute Gasteiger partial charge is 0.481 e. The van der Waals surface area contributed by atoms with Gasteiger partial charge in [0, 0.05) is 35.1 Å². The van der Waals surface area contributed by atoms with Gasteiger partial charge in [-0.1, -0.05) is 0 Å². The average Bonchev–Trinajstić information content (AvgIpc) is 3.43. The number of hydrogen-bond donors (Lipinski definition) is 1. The van der Waals surface area contributed by atoms with Gasteiger partial charge >= 0.3 is 5.97 Å². The average molecular weight is 488 g/mol. The fourth-order valence-electron chi connectivity index (χ4n) is 5.39. The van der Waals surface area contributed by atoms with E-state index in [-0.39, 0.29) is 22.6 Å². The minimum atomic E-state index is -2.48. The molecule has 0 saturated heterocycles. The lowest BCUT2D eigenvalue weighted by atomic mass is 9.80. The third kappa shape index (κ3) is 4.45. The number of rotatable bonds is 6. The molecule has 9 heteroatoms. The molecule has 1 amide bonds. The van der Waals surface area contributed by atoms with E-state index in [1.807, 2.05) is 17.0 Å². The van der Waals surface area contributed by atoms with Crippen LogP contribution in [0, 0.1) is 11.8 Å². The Labute approximate surface area is 200 Å². The van der Waals surface area contributed by atoms with Crippen molar-refractivity contribution in [1.29, 1.82) is 0 Å². The van der Waals surface area contributed by atoms with Crippen LogP contribution < -0.4 is 0 Å². The fourth-order valence-corrected chi connectivity index (χ4v) is 6.24. The van der Waals surface area contributed by atoms with Crippen LogP contribution in [0.15, 0.2) is 30.5 Å². The van der Waals surface area contributed by atoms with Gasteiger partial charge in [-0.2, -0.15) is 0 Å². The Balaban J connectivity index is 1.35. The van der Waals surface area contributed by atoms with Gasteiger partial charge in [0.15, 0.2) is 0 Å². The number of amides is 1. The van der Waals surface area contributed by atoms with E-state index in [0.717, 1.165) is 52.2 Å². The molecule has 0 bridgehead atoms. The van der Waals surface area contributed by atoms with E-state index < -0.39 is 12.4 Å². The lowest BCUT2D eigenvalue weighted by Crippen LogP contribution is -2.38. The van der Waals surface area contributed by atoms with Crippen LogP contribution in [0.4, 0.5) is 8.78 Å². The minimum absolute atomic E-state index is 0.0581. The fraction of sp³-hybridized carbons (Fsp3) is 0.480. The molecule has 4 heterocycles. The van der Waals surface area contributed by atoms with E-state index in [2.05, 4.69) is 9.55 Å². The van der Waals surface area contributed by atoms with Crippen LogP contribution in [0.5, 0.6) is 0 Å². The zero-order valence-corrected chi connectivity index (χ0v) is 19.6. The number of halogens is 2. The number of nitrogens with zero attached hydrogens (tertiary/aromatic N) is 3. The van der Waals surface area contributed by atoms with Crippen LogP contribution >= 0.6 is 11.3 Å². The maximum Gasteiger partial charge on any atom is 0.306 e. The van der Waals surface area contributed by atoms with Gasteiger partial charge in [0.2, 0.25) is 5.91 Å². The third-order valence-corrected chi connectivity index (χ3v) is 8.31. The lowest BCUT2D eigenvalue weighted by Gasteiger charge is -2.31. The first-order chi connectivity index (χ1) is 16.4. The monoisotopic (exact) mass is 487 g/mol. The number of aliphatic carboxylic acids is 1. The molecule has 5 rings (SSSR count). The summed E-state index contributed by atoms with van der Waals surface area (Å²) in [5, 5.41) is 10.3. The van der Waals surface area contributed by atoms with Crippen molar-refractivity contribution in [2.45, 2.75) is 58.0 Å². The zero-order chi connectivity index (χ0) is 23.8. The number of fused-ring (bicyclic) bond motifs is 3. The maximum atomic E-state index is 13.2. The van der Waals surface area contributed by atoms with E-state index in [1.54, 1.807) is 12.3 Å². The normalized spacial score (nSPS) is 20.6.